The number of carbonyl (C=O) groups excluding carboxylic acids is 1. The number of nitrogens with zero attached hydrogens (tertiary/aromatic N) is 1. The van der Waals surface area contributed by atoms with Crippen LogP contribution in [0.2, 0.25) is 0 Å². The largest absolute Gasteiger partial charge is 0.444 e. The molecule has 138 valence electrons. The first-order valence-electron chi connectivity index (χ1n) is 7.89. The molecule has 0 radical (unpaired) electrons. The first-order chi connectivity index (χ1) is 11.0. The molecule has 1 rings (SSSR count). The molecule has 0 aliphatic rings. The van der Waals surface area contributed by atoms with E-state index in [9.17, 15) is 9.36 Å². The summed E-state index contributed by atoms with van der Waals surface area (Å²) < 4.78 is 34.1. The summed E-state index contributed by atoms with van der Waals surface area (Å²) in [7, 11) is -3.54. The van der Waals surface area contributed by atoms with Gasteiger partial charge < -0.3 is 23.5 Å². The second-order valence-electron chi connectivity index (χ2n) is 6.13. The number of amides is 1. The van der Waals surface area contributed by atoms with E-state index in [4.69, 9.17) is 18.2 Å². The molecule has 24 heavy (non-hydrogen) atoms. The fourth-order valence-electron chi connectivity index (χ4n) is 1.89. The van der Waals surface area contributed by atoms with Gasteiger partial charge in [-0.3, -0.25) is 4.57 Å². The summed E-state index contributed by atoms with van der Waals surface area (Å²) in [6.07, 6.45) is -0.592. The fourth-order valence-corrected chi connectivity index (χ4v) is 3.54. The third-order valence-corrected chi connectivity index (χ3v) is 4.88. The van der Waals surface area contributed by atoms with Crippen molar-refractivity contribution in [3.05, 3.63) is 11.7 Å². The van der Waals surface area contributed by atoms with E-state index in [1.807, 2.05) is 0 Å². The molecule has 1 aromatic rings. The molecule has 0 fully saturated rings. The van der Waals surface area contributed by atoms with Gasteiger partial charge in [-0.25, -0.2) is 9.78 Å². The lowest BCUT2D eigenvalue weighted by Crippen LogP contribution is -2.34. The quantitative estimate of drug-likeness (QED) is 0.741. The summed E-state index contributed by atoms with van der Waals surface area (Å²) in [6, 6.07) is -0.566. The summed E-state index contributed by atoms with van der Waals surface area (Å²) in [5.74, 6) is 0.529. The number of ether oxygens (including phenoxy) is 1. The molecule has 0 aromatic carbocycles. The van der Waals surface area contributed by atoms with Gasteiger partial charge in [0, 0.05) is 0 Å². The molecule has 0 saturated carbocycles. The number of aromatic nitrogens is 1. The van der Waals surface area contributed by atoms with E-state index in [-0.39, 0.29) is 24.5 Å². The molecule has 0 saturated heterocycles. The van der Waals surface area contributed by atoms with Crippen LogP contribution in [0, 0.1) is 6.92 Å². The molecular weight excluding hydrogens is 335 g/mol. The second-order valence-corrected chi connectivity index (χ2v) is 8.07. The lowest BCUT2D eigenvalue weighted by atomic mass is 10.2. The summed E-state index contributed by atoms with van der Waals surface area (Å²) in [4.78, 5) is 16.0. The van der Waals surface area contributed by atoms with Gasteiger partial charge >= 0.3 is 13.7 Å². The van der Waals surface area contributed by atoms with E-state index < -0.39 is 25.3 Å². The Morgan fingerprint density at radius 3 is 2.29 bits per heavy atom. The Kier molecular flexibility index (Phi) is 7.01. The number of nitrogens with one attached hydrogen (secondary N) is 1. The zero-order valence-electron chi connectivity index (χ0n) is 15.3. The molecule has 9 heteroatoms. The molecule has 1 N–H and O–H groups in total. The Bertz CT molecular complexity index is 598. The van der Waals surface area contributed by atoms with Gasteiger partial charge in [0.15, 0.2) is 5.44 Å². The highest BCUT2D eigenvalue weighted by Gasteiger charge is 2.34. The zero-order chi connectivity index (χ0) is 18.5. The van der Waals surface area contributed by atoms with Gasteiger partial charge in [0.05, 0.1) is 13.2 Å². The number of rotatable bonds is 7. The minimum atomic E-state index is -3.54. The average molecular weight is 362 g/mol. The number of hydrogen-bond acceptors (Lipinski definition) is 7. The first-order valence-corrected chi connectivity index (χ1v) is 9.43. The van der Waals surface area contributed by atoms with Crippen LogP contribution in [0.4, 0.5) is 4.79 Å². The zero-order valence-corrected chi connectivity index (χ0v) is 16.2. The van der Waals surface area contributed by atoms with E-state index in [2.05, 4.69) is 10.3 Å². The monoisotopic (exact) mass is 362 g/mol. The van der Waals surface area contributed by atoms with Crippen LogP contribution in [0.3, 0.4) is 0 Å². The highest BCUT2D eigenvalue weighted by atomic mass is 31.2. The second kappa shape index (κ2) is 8.14. The van der Waals surface area contributed by atoms with Crippen molar-refractivity contribution in [2.75, 3.05) is 13.2 Å². The SMILES string of the molecule is CCOP(=O)(OCC)c1nc([C@@H](C)NC(=O)OC(C)(C)C)oc1C. The van der Waals surface area contributed by atoms with Crippen molar-refractivity contribution in [1.82, 2.24) is 10.3 Å². The van der Waals surface area contributed by atoms with Crippen LogP contribution < -0.4 is 10.8 Å². The summed E-state index contributed by atoms with van der Waals surface area (Å²) >= 11 is 0. The van der Waals surface area contributed by atoms with Gasteiger partial charge in [0.1, 0.15) is 17.4 Å². The molecule has 0 aliphatic heterocycles. The number of oxazole rings is 1. The maximum Gasteiger partial charge on any atom is 0.408 e. The van der Waals surface area contributed by atoms with Crippen molar-refractivity contribution in [3.8, 4) is 0 Å². The van der Waals surface area contributed by atoms with E-state index in [1.54, 1.807) is 48.5 Å². The number of hydrogen-bond donors (Lipinski definition) is 1. The van der Waals surface area contributed by atoms with Crippen LogP contribution >= 0.6 is 7.60 Å². The van der Waals surface area contributed by atoms with E-state index in [0.29, 0.717) is 5.76 Å². The van der Waals surface area contributed by atoms with Crippen LogP contribution in [0.1, 0.15) is 59.2 Å². The third-order valence-electron chi connectivity index (χ3n) is 2.75. The fraction of sp³-hybridized carbons (Fsp3) is 0.733. The normalized spacial score (nSPS) is 13.6. The molecular formula is C15H27N2O6P. The Morgan fingerprint density at radius 2 is 1.83 bits per heavy atom. The predicted molar refractivity (Wildman–Crippen MR) is 89.5 cm³/mol. The van der Waals surface area contributed by atoms with E-state index >= 15 is 0 Å². The molecule has 1 heterocycles. The summed E-state index contributed by atoms with van der Waals surface area (Å²) in [6.45, 7) is 12.5. The third kappa shape index (κ3) is 5.61. The lowest BCUT2D eigenvalue weighted by Gasteiger charge is -2.21. The molecule has 1 amide bonds. The first kappa shape index (κ1) is 20.7. The highest BCUT2D eigenvalue weighted by Crippen LogP contribution is 2.47. The minimum absolute atomic E-state index is 0.124. The van der Waals surface area contributed by atoms with Crippen molar-refractivity contribution in [2.24, 2.45) is 0 Å². The lowest BCUT2D eigenvalue weighted by molar-refractivity contribution is 0.0500. The minimum Gasteiger partial charge on any atom is -0.444 e. The molecule has 1 atom stereocenters. The van der Waals surface area contributed by atoms with Crippen molar-refractivity contribution >= 4 is 19.1 Å². The molecule has 0 spiro atoms. The Labute approximate surface area is 142 Å². The molecule has 0 bridgehead atoms. The number of carbonyl (C=O) groups is 1. The van der Waals surface area contributed by atoms with Crippen molar-refractivity contribution in [1.29, 1.82) is 0 Å². The van der Waals surface area contributed by atoms with Crippen LogP contribution in [0.5, 0.6) is 0 Å². The molecule has 0 aliphatic carbocycles. The van der Waals surface area contributed by atoms with Crippen LogP contribution in [-0.2, 0) is 18.3 Å². The molecule has 8 nitrogen and oxygen atoms in total. The van der Waals surface area contributed by atoms with Gasteiger partial charge in [-0.1, -0.05) is 0 Å². The van der Waals surface area contributed by atoms with E-state index in [0.717, 1.165) is 0 Å². The maximum absolute atomic E-state index is 12.8. The Balaban J connectivity index is 2.96. The maximum atomic E-state index is 12.8. The van der Waals surface area contributed by atoms with Crippen molar-refractivity contribution in [3.63, 3.8) is 0 Å². The average Bonchev–Trinajstić information content (AvgIpc) is 2.79. The number of alkyl carbamates (subject to hydrolysis) is 1. The van der Waals surface area contributed by atoms with Crippen molar-refractivity contribution < 1.29 is 27.6 Å². The van der Waals surface area contributed by atoms with Gasteiger partial charge in [0.25, 0.3) is 0 Å². The molecule has 1 aromatic heterocycles. The standard InChI is InChI=1S/C15H27N2O6P/c1-8-20-24(19,21-9-2)13-11(4)22-12(17-13)10(3)16-14(18)23-15(5,6)7/h10H,8-9H2,1-7H3,(H,16,18)/t10-/m1/s1. The Morgan fingerprint density at radius 1 is 1.29 bits per heavy atom. The highest BCUT2D eigenvalue weighted by molar-refractivity contribution is 7.62. The van der Waals surface area contributed by atoms with Gasteiger partial charge in [0.2, 0.25) is 5.89 Å². The van der Waals surface area contributed by atoms with Gasteiger partial charge in [-0.15, -0.1) is 0 Å². The Hall–Kier alpha value is -1.37. The van der Waals surface area contributed by atoms with Crippen LogP contribution in [-0.4, -0.2) is 29.9 Å². The van der Waals surface area contributed by atoms with Gasteiger partial charge in [-0.05, 0) is 48.5 Å². The summed E-state index contributed by atoms with van der Waals surface area (Å²) in [5.41, 5.74) is -0.486. The predicted octanol–water partition coefficient (Wildman–Crippen LogP) is 3.46. The van der Waals surface area contributed by atoms with Crippen molar-refractivity contribution in [2.45, 2.75) is 60.1 Å². The summed E-state index contributed by atoms with van der Waals surface area (Å²) in [5, 5.41) is 2.62. The molecule has 0 unspecified atom stereocenters. The van der Waals surface area contributed by atoms with Crippen LogP contribution in [0.15, 0.2) is 4.42 Å². The van der Waals surface area contributed by atoms with Crippen LogP contribution in [0.25, 0.3) is 0 Å². The number of aryl methyl sites for hydroxylation is 1. The van der Waals surface area contributed by atoms with Gasteiger partial charge in [-0.2, -0.15) is 0 Å². The topological polar surface area (TPSA) is 99.9 Å². The smallest absolute Gasteiger partial charge is 0.408 e. The van der Waals surface area contributed by atoms with E-state index in [1.165, 1.54) is 0 Å².